The number of aromatic nitrogens is 1. The van der Waals surface area contributed by atoms with Crippen LogP contribution in [0.1, 0.15) is 0 Å². The predicted octanol–water partition coefficient (Wildman–Crippen LogP) is 2.99. The number of thiazole rings is 1. The Bertz CT molecular complexity index is 593. The van der Waals surface area contributed by atoms with Crippen LogP contribution in [-0.4, -0.2) is 13.4 Å². The Labute approximate surface area is 97.3 Å². The topological polar surface area (TPSA) is 47.0 Å². The third-order valence-corrected chi connectivity index (χ3v) is 4.45. The Hall–Kier alpha value is -0.170. The van der Waals surface area contributed by atoms with Crippen molar-refractivity contribution in [2.45, 2.75) is 4.90 Å². The van der Waals surface area contributed by atoms with Crippen LogP contribution in [0.2, 0.25) is 0 Å². The van der Waals surface area contributed by atoms with Gasteiger partial charge in [0.1, 0.15) is 0 Å². The minimum atomic E-state index is -3.66. The van der Waals surface area contributed by atoms with E-state index in [0.717, 1.165) is 8.62 Å². The fourth-order valence-corrected chi connectivity index (χ4v) is 3.19. The van der Waals surface area contributed by atoms with Gasteiger partial charge in [-0.3, -0.25) is 0 Å². The number of nitrogens with zero attached hydrogens (tertiary/aromatic N) is 1. The first-order valence-corrected chi connectivity index (χ1v) is 7.39. The molecule has 14 heavy (non-hydrogen) atoms. The summed E-state index contributed by atoms with van der Waals surface area (Å²) >= 11 is 4.66. The molecule has 0 amide bonds. The summed E-state index contributed by atoms with van der Waals surface area (Å²) in [7, 11) is 1.54. The fraction of sp³-hybridized carbons (Fsp3) is 0. The molecule has 3 nitrogen and oxygen atoms in total. The van der Waals surface area contributed by atoms with Crippen LogP contribution in [0, 0.1) is 0 Å². The van der Waals surface area contributed by atoms with Crippen molar-refractivity contribution in [3.05, 3.63) is 22.1 Å². The standard InChI is InChI=1S/C7H3BrClNO2S2/c8-7-10-5-3-4(14(9,11)12)1-2-6(5)13-7/h1-3H. The monoisotopic (exact) mass is 311 g/mol. The molecule has 1 heterocycles. The lowest BCUT2D eigenvalue weighted by Crippen LogP contribution is -1.89. The van der Waals surface area contributed by atoms with Crippen LogP contribution in [0.25, 0.3) is 10.2 Å². The molecule has 7 heteroatoms. The summed E-state index contributed by atoms with van der Waals surface area (Å²) in [6.07, 6.45) is 0. The fourth-order valence-electron chi connectivity index (χ4n) is 1.03. The molecule has 0 fully saturated rings. The van der Waals surface area contributed by atoms with Crippen molar-refractivity contribution in [2.75, 3.05) is 0 Å². The first-order valence-electron chi connectivity index (χ1n) is 3.47. The summed E-state index contributed by atoms with van der Waals surface area (Å²) < 4.78 is 23.7. The maximum Gasteiger partial charge on any atom is 0.261 e. The Morgan fingerprint density at radius 1 is 1.43 bits per heavy atom. The number of hydrogen-bond acceptors (Lipinski definition) is 4. The lowest BCUT2D eigenvalue weighted by Gasteiger charge is -1.93. The highest BCUT2D eigenvalue weighted by molar-refractivity contribution is 9.11. The second-order valence-corrected chi connectivity index (χ2v) is 7.41. The SMILES string of the molecule is O=S(=O)(Cl)c1ccc2sc(Br)nc2c1. The lowest BCUT2D eigenvalue weighted by atomic mass is 10.3. The summed E-state index contributed by atoms with van der Waals surface area (Å²) in [6, 6.07) is 4.61. The quantitative estimate of drug-likeness (QED) is 0.761. The zero-order valence-corrected chi connectivity index (χ0v) is 10.5. The summed E-state index contributed by atoms with van der Waals surface area (Å²) in [5, 5.41) is 0. The third kappa shape index (κ3) is 1.93. The first kappa shape index (κ1) is 10.4. The van der Waals surface area contributed by atoms with Crippen molar-refractivity contribution >= 4 is 57.2 Å². The van der Waals surface area contributed by atoms with Crippen molar-refractivity contribution in [3.8, 4) is 0 Å². The van der Waals surface area contributed by atoms with E-state index in [9.17, 15) is 8.42 Å². The maximum absolute atomic E-state index is 11.0. The zero-order chi connectivity index (χ0) is 10.3. The van der Waals surface area contributed by atoms with Crippen LogP contribution in [-0.2, 0) is 9.05 Å². The van der Waals surface area contributed by atoms with Crippen molar-refractivity contribution in [3.63, 3.8) is 0 Å². The average molecular weight is 313 g/mol. The smallest absolute Gasteiger partial charge is 0.229 e. The Morgan fingerprint density at radius 2 is 2.14 bits per heavy atom. The molecule has 2 rings (SSSR count). The van der Waals surface area contributed by atoms with Gasteiger partial charge in [-0.05, 0) is 34.1 Å². The van der Waals surface area contributed by atoms with Gasteiger partial charge in [-0.2, -0.15) is 0 Å². The molecule has 74 valence electrons. The molecule has 0 aliphatic rings. The van der Waals surface area contributed by atoms with Crippen LogP contribution >= 0.6 is 37.9 Å². The second-order valence-electron chi connectivity index (χ2n) is 2.53. The predicted molar refractivity (Wildman–Crippen MR) is 60.4 cm³/mol. The zero-order valence-electron chi connectivity index (χ0n) is 6.57. The number of rotatable bonds is 1. The summed E-state index contributed by atoms with van der Waals surface area (Å²) in [6.45, 7) is 0. The molecule has 0 aliphatic heterocycles. The number of hydrogen-bond donors (Lipinski definition) is 0. The molecule has 0 atom stereocenters. The highest BCUT2D eigenvalue weighted by Gasteiger charge is 2.11. The van der Waals surface area contributed by atoms with Crippen molar-refractivity contribution in [2.24, 2.45) is 0 Å². The second kappa shape index (κ2) is 3.44. The van der Waals surface area contributed by atoms with Gasteiger partial charge in [-0.25, -0.2) is 13.4 Å². The van der Waals surface area contributed by atoms with Crippen molar-refractivity contribution in [1.82, 2.24) is 4.98 Å². The Balaban J connectivity index is 2.74. The van der Waals surface area contributed by atoms with Gasteiger partial charge in [0.05, 0.1) is 15.1 Å². The molecule has 0 N–H and O–H groups in total. The molecule has 2 aromatic rings. The van der Waals surface area contributed by atoms with Crippen molar-refractivity contribution in [1.29, 1.82) is 0 Å². The molecule has 0 saturated carbocycles. The van der Waals surface area contributed by atoms with Crippen LogP contribution in [0.3, 0.4) is 0 Å². The number of benzene rings is 1. The van der Waals surface area contributed by atoms with Gasteiger partial charge < -0.3 is 0 Å². The highest BCUT2D eigenvalue weighted by Crippen LogP contribution is 2.28. The average Bonchev–Trinajstić information content (AvgIpc) is 2.41. The van der Waals surface area contributed by atoms with Gasteiger partial charge in [-0.15, -0.1) is 11.3 Å². The van der Waals surface area contributed by atoms with E-state index in [-0.39, 0.29) is 4.90 Å². The summed E-state index contributed by atoms with van der Waals surface area (Å²) in [5.74, 6) is 0. The minimum absolute atomic E-state index is 0.0736. The van der Waals surface area contributed by atoms with Gasteiger partial charge in [-0.1, -0.05) is 0 Å². The molecule has 0 radical (unpaired) electrons. The molecule has 0 aliphatic carbocycles. The van der Waals surface area contributed by atoms with E-state index in [1.54, 1.807) is 6.07 Å². The minimum Gasteiger partial charge on any atom is -0.229 e. The van der Waals surface area contributed by atoms with E-state index in [0.29, 0.717) is 5.52 Å². The Morgan fingerprint density at radius 3 is 2.79 bits per heavy atom. The number of fused-ring (bicyclic) bond motifs is 1. The maximum atomic E-state index is 11.0. The van der Waals surface area contributed by atoms with Crippen LogP contribution in [0.4, 0.5) is 0 Å². The molecule has 0 saturated heterocycles. The molecular formula is C7H3BrClNO2S2. The largest absolute Gasteiger partial charge is 0.261 e. The Kier molecular flexibility index (Phi) is 2.55. The first-order chi connectivity index (χ1) is 6.47. The van der Waals surface area contributed by atoms with E-state index in [1.807, 2.05) is 0 Å². The summed E-state index contributed by atoms with van der Waals surface area (Å²) in [4.78, 5) is 4.17. The van der Waals surface area contributed by atoms with Gasteiger partial charge in [0.15, 0.2) is 3.92 Å². The van der Waals surface area contributed by atoms with Crippen LogP contribution in [0.15, 0.2) is 27.0 Å². The van der Waals surface area contributed by atoms with E-state index < -0.39 is 9.05 Å². The van der Waals surface area contributed by atoms with E-state index >= 15 is 0 Å². The molecule has 1 aromatic carbocycles. The van der Waals surface area contributed by atoms with Gasteiger partial charge >= 0.3 is 0 Å². The van der Waals surface area contributed by atoms with Gasteiger partial charge in [0, 0.05) is 10.7 Å². The summed E-state index contributed by atoms with van der Waals surface area (Å²) in [5.41, 5.74) is 0.628. The van der Waals surface area contributed by atoms with E-state index in [2.05, 4.69) is 20.9 Å². The van der Waals surface area contributed by atoms with Crippen LogP contribution in [0.5, 0.6) is 0 Å². The van der Waals surface area contributed by atoms with E-state index in [1.165, 1.54) is 23.5 Å². The molecule has 0 spiro atoms. The molecular weight excluding hydrogens is 310 g/mol. The van der Waals surface area contributed by atoms with Gasteiger partial charge in [0.2, 0.25) is 0 Å². The highest BCUT2D eigenvalue weighted by atomic mass is 79.9. The normalized spacial score (nSPS) is 12.1. The van der Waals surface area contributed by atoms with Gasteiger partial charge in [0.25, 0.3) is 9.05 Å². The van der Waals surface area contributed by atoms with Crippen LogP contribution < -0.4 is 0 Å². The van der Waals surface area contributed by atoms with E-state index in [4.69, 9.17) is 10.7 Å². The third-order valence-electron chi connectivity index (χ3n) is 1.61. The van der Waals surface area contributed by atoms with Crippen molar-refractivity contribution < 1.29 is 8.42 Å². The molecule has 0 bridgehead atoms. The molecule has 0 unspecified atom stereocenters. The lowest BCUT2D eigenvalue weighted by molar-refractivity contribution is 0.609. The number of halogens is 2. The molecule has 1 aromatic heterocycles.